The van der Waals surface area contributed by atoms with Gasteiger partial charge in [0.25, 0.3) is 0 Å². The highest BCUT2D eigenvalue weighted by molar-refractivity contribution is 5.94. The number of halogens is 1. The van der Waals surface area contributed by atoms with Gasteiger partial charge in [-0.15, -0.1) is 0 Å². The molecule has 0 atom stereocenters. The Morgan fingerprint density at radius 2 is 1.26 bits per heavy atom. The first-order valence-corrected chi connectivity index (χ1v) is 14.4. The fourth-order valence-corrected chi connectivity index (χ4v) is 5.57. The highest BCUT2D eigenvalue weighted by Gasteiger charge is 2.14. The standard InChI is InChI=1S/C40H29FN2/c41-36-21-18-29(19-22-36)31-13-5-1-2-10-24-42-38-23-20-32(26-35(38)25-31)33-16-17-34-28-39(30-11-6-3-7-12-30)43(40(34)27-33)37-14-8-4-9-15-37/h1-28,42H/b2-1-,13-5-,24-10+,31-25+. The summed E-state index contributed by atoms with van der Waals surface area (Å²) in [5, 5.41) is 4.62. The predicted molar refractivity (Wildman–Crippen MR) is 179 cm³/mol. The van der Waals surface area contributed by atoms with Crippen molar-refractivity contribution in [3.63, 3.8) is 0 Å². The molecule has 0 bridgehead atoms. The van der Waals surface area contributed by atoms with E-state index >= 15 is 0 Å². The molecule has 1 aliphatic heterocycles. The molecule has 3 heteroatoms. The van der Waals surface area contributed by atoms with Crippen molar-refractivity contribution >= 4 is 28.2 Å². The summed E-state index contributed by atoms with van der Waals surface area (Å²) in [5.41, 5.74) is 10.8. The van der Waals surface area contributed by atoms with Crippen LogP contribution in [0.25, 0.3) is 50.6 Å². The lowest BCUT2D eigenvalue weighted by Crippen LogP contribution is -1.96. The van der Waals surface area contributed by atoms with Gasteiger partial charge in [0.15, 0.2) is 0 Å². The number of nitrogens with zero attached hydrogens (tertiary/aromatic N) is 1. The van der Waals surface area contributed by atoms with E-state index in [0.717, 1.165) is 50.4 Å². The molecule has 7 rings (SSSR count). The Morgan fingerprint density at radius 3 is 2.07 bits per heavy atom. The van der Waals surface area contributed by atoms with E-state index in [1.807, 2.05) is 42.6 Å². The van der Waals surface area contributed by atoms with E-state index in [0.29, 0.717) is 0 Å². The van der Waals surface area contributed by atoms with Crippen LogP contribution < -0.4 is 5.32 Å². The Hall–Kier alpha value is -5.67. The van der Waals surface area contributed by atoms with Gasteiger partial charge in [-0.3, -0.25) is 0 Å². The van der Waals surface area contributed by atoms with E-state index in [9.17, 15) is 4.39 Å². The molecule has 0 radical (unpaired) electrons. The molecule has 0 spiro atoms. The molecule has 2 nitrogen and oxygen atoms in total. The maximum absolute atomic E-state index is 13.7. The van der Waals surface area contributed by atoms with Gasteiger partial charge in [0.05, 0.1) is 11.2 Å². The molecule has 1 aromatic heterocycles. The topological polar surface area (TPSA) is 17.0 Å². The van der Waals surface area contributed by atoms with E-state index in [4.69, 9.17) is 0 Å². The van der Waals surface area contributed by atoms with Crippen molar-refractivity contribution in [2.75, 3.05) is 5.32 Å². The van der Waals surface area contributed by atoms with Crippen molar-refractivity contribution in [3.05, 3.63) is 181 Å². The first-order valence-electron chi connectivity index (χ1n) is 14.4. The second-order valence-electron chi connectivity index (χ2n) is 10.5. The van der Waals surface area contributed by atoms with Crippen LogP contribution in [0.5, 0.6) is 0 Å². The minimum Gasteiger partial charge on any atom is -0.361 e. The van der Waals surface area contributed by atoms with Gasteiger partial charge in [-0.25, -0.2) is 4.39 Å². The van der Waals surface area contributed by atoms with Gasteiger partial charge < -0.3 is 9.88 Å². The summed E-state index contributed by atoms with van der Waals surface area (Å²) in [5.74, 6) is -0.246. The van der Waals surface area contributed by atoms with Crippen LogP contribution in [-0.2, 0) is 0 Å². The van der Waals surface area contributed by atoms with Crippen LogP contribution in [0.4, 0.5) is 10.1 Å². The van der Waals surface area contributed by atoms with Crippen molar-refractivity contribution in [1.29, 1.82) is 0 Å². The van der Waals surface area contributed by atoms with Gasteiger partial charge in [0, 0.05) is 23.0 Å². The molecule has 206 valence electrons. The third kappa shape index (κ3) is 5.49. The van der Waals surface area contributed by atoms with E-state index in [1.165, 1.54) is 23.1 Å². The summed E-state index contributed by atoms with van der Waals surface area (Å²) in [7, 11) is 0. The molecular formula is C40H29FN2. The lowest BCUT2D eigenvalue weighted by molar-refractivity contribution is 0.627. The number of allylic oxidation sites excluding steroid dienone is 6. The second-order valence-corrected chi connectivity index (χ2v) is 10.5. The normalized spacial score (nSPS) is 16.3. The zero-order valence-electron chi connectivity index (χ0n) is 23.5. The number of anilines is 1. The first-order chi connectivity index (χ1) is 21.2. The summed E-state index contributed by atoms with van der Waals surface area (Å²) in [6.45, 7) is 0. The Balaban J connectivity index is 1.38. The van der Waals surface area contributed by atoms with Crippen LogP contribution in [0.1, 0.15) is 11.1 Å². The summed E-state index contributed by atoms with van der Waals surface area (Å²) in [6, 6.07) is 43.2. The van der Waals surface area contributed by atoms with E-state index in [-0.39, 0.29) is 5.82 Å². The van der Waals surface area contributed by atoms with E-state index in [1.54, 1.807) is 0 Å². The van der Waals surface area contributed by atoms with Crippen LogP contribution in [0.15, 0.2) is 164 Å². The smallest absolute Gasteiger partial charge is 0.123 e. The van der Waals surface area contributed by atoms with Gasteiger partial charge in [0.2, 0.25) is 0 Å². The number of fused-ring (bicyclic) bond motifs is 2. The van der Waals surface area contributed by atoms with E-state index < -0.39 is 0 Å². The molecule has 0 saturated heterocycles. The summed E-state index contributed by atoms with van der Waals surface area (Å²) < 4.78 is 16.1. The quantitative estimate of drug-likeness (QED) is 0.229. The SMILES string of the molecule is Fc1ccc(C2=C\c3cc(-c4ccc5cc(-c6ccccc6)n(-c6ccccc6)c5c4)ccc3N/C=C/C=C\C=C/2)cc1. The second kappa shape index (κ2) is 11.7. The van der Waals surface area contributed by atoms with Crippen molar-refractivity contribution < 1.29 is 4.39 Å². The minimum absolute atomic E-state index is 0.246. The fourth-order valence-electron chi connectivity index (χ4n) is 5.57. The van der Waals surface area contributed by atoms with Gasteiger partial charge in [-0.05, 0) is 94.1 Å². The fraction of sp³-hybridized carbons (Fsp3) is 0. The largest absolute Gasteiger partial charge is 0.361 e. The summed E-state index contributed by atoms with van der Waals surface area (Å²) >= 11 is 0. The number of benzene rings is 5. The highest BCUT2D eigenvalue weighted by Crippen LogP contribution is 2.36. The van der Waals surface area contributed by atoms with Gasteiger partial charge in [-0.2, -0.15) is 0 Å². The van der Waals surface area contributed by atoms with Gasteiger partial charge >= 0.3 is 0 Å². The Bertz CT molecular complexity index is 2030. The minimum atomic E-state index is -0.246. The van der Waals surface area contributed by atoms with Crippen LogP contribution >= 0.6 is 0 Å². The van der Waals surface area contributed by atoms with Gasteiger partial charge in [0.1, 0.15) is 5.82 Å². The number of hydrogen-bond donors (Lipinski definition) is 1. The molecule has 1 N–H and O–H groups in total. The third-order valence-corrected chi connectivity index (χ3v) is 7.71. The molecule has 5 aromatic carbocycles. The van der Waals surface area contributed by atoms with Crippen molar-refractivity contribution in [3.8, 4) is 28.1 Å². The average molecular weight is 557 g/mol. The van der Waals surface area contributed by atoms with Crippen molar-refractivity contribution in [1.82, 2.24) is 4.57 Å². The van der Waals surface area contributed by atoms with Gasteiger partial charge in [-0.1, -0.05) is 103 Å². The maximum Gasteiger partial charge on any atom is 0.123 e. The monoisotopic (exact) mass is 556 g/mol. The molecule has 43 heavy (non-hydrogen) atoms. The van der Waals surface area contributed by atoms with Crippen molar-refractivity contribution in [2.24, 2.45) is 0 Å². The predicted octanol–water partition coefficient (Wildman–Crippen LogP) is 10.7. The first kappa shape index (κ1) is 26.2. The van der Waals surface area contributed by atoms with Crippen LogP contribution in [-0.4, -0.2) is 4.57 Å². The number of para-hydroxylation sites is 1. The van der Waals surface area contributed by atoms with Crippen LogP contribution in [0.2, 0.25) is 0 Å². The highest BCUT2D eigenvalue weighted by atomic mass is 19.1. The van der Waals surface area contributed by atoms with E-state index in [2.05, 4.69) is 125 Å². The number of hydrogen-bond acceptors (Lipinski definition) is 1. The Morgan fingerprint density at radius 1 is 0.558 bits per heavy atom. The lowest BCUT2D eigenvalue weighted by atomic mass is 9.97. The Labute approximate surface area is 251 Å². The summed E-state index contributed by atoms with van der Waals surface area (Å²) in [4.78, 5) is 0. The molecule has 0 unspecified atom stereocenters. The zero-order chi connectivity index (χ0) is 29.0. The molecule has 1 aliphatic rings. The van der Waals surface area contributed by atoms with Crippen LogP contribution in [0.3, 0.4) is 0 Å². The number of rotatable bonds is 4. The molecule has 2 heterocycles. The Kier molecular flexibility index (Phi) is 7.12. The molecule has 6 aromatic rings. The zero-order valence-corrected chi connectivity index (χ0v) is 23.5. The molecule has 0 aliphatic carbocycles. The number of nitrogens with one attached hydrogen (secondary N) is 1. The third-order valence-electron chi connectivity index (χ3n) is 7.71. The molecule has 0 saturated carbocycles. The molecule has 0 amide bonds. The average Bonchev–Trinajstić information content (AvgIpc) is 3.42. The molecular weight excluding hydrogens is 527 g/mol. The van der Waals surface area contributed by atoms with Crippen LogP contribution in [0, 0.1) is 5.82 Å². The van der Waals surface area contributed by atoms with Crippen molar-refractivity contribution in [2.45, 2.75) is 0 Å². The molecule has 0 fully saturated rings. The lowest BCUT2D eigenvalue weighted by Gasteiger charge is -2.13. The maximum atomic E-state index is 13.7. The number of aromatic nitrogens is 1. The summed E-state index contributed by atoms with van der Waals surface area (Å²) in [6.07, 6.45) is 14.1.